The molecule has 1 fully saturated rings. The van der Waals surface area contributed by atoms with Gasteiger partial charge in [0.1, 0.15) is 0 Å². The van der Waals surface area contributed by atoms with Gasteiger partial charge in [-0.15, -0.1) is 0 Å². The average molecular weight is 212 g/mol. The van der Waals surface area contributed by atoms with Gasteiger partial charge in [0.25, 0.3) is 0 Å². The zero-order chi connectivity index (χ0) is 11.4. The number of hydrogen-bond acceptors (Lipinski definition) is 2. The number of hydrogen-bond donors (Lipinski definition) is 2. The monoisotopic (exact) mass is 212 g/mol. The fourth-order valence-corrected chi connectivity index (χ4v) is 1.83. The molecule has 0 aromatic carbocycles. The van der Waals surface area contributed by atoms with E-state index in [1.807, 2.05) is 0 Å². The third-order valence-corrected chi connectivity index (χ3v) is 2.92. The Morgan fingerprint density at radius 3 is 2.67 bits per heavy atom. The maximum Gasteiger partial charge on any atom is 0.225 e. The van der Waals surface area contributed by atoms with E-state index in [0.717, 1.165) is 6.42 Å². The van der Waals surface area contributed by atoms with Gasteiger partial charge in [0, 0.05) is 19.0 Å². The molecule has 1 aliphatic heterocycles. The summed E-state index contributed by atoms with van der Waals surface area (Å²) < 4.78 is 0. The highest BCUT2D eigenvalue weighted by Gasteiger charge is 2.29. The topological polar surface area (TPSA) is 58.2 Å². The molecule has 4 nitrogen and oxygen atoms in total. The van der Waals surface area contributed by atoms with Crippen LogP contribution >= 0.6 is 0 Å². The fraction of sp³-hybridized carbons (Fsp3) is 0.818. The van der Waals surface area contributed by atoms with E-state index in [9.17, 15) is 9.59 Å². The quantitative estimate of drug-likeness (QED) is 0.719. The van der Waals surface area contributed by atoms with Crippen molar-refractivity contribution in [2.75, 3.05) is 6.54 Å². The first-order valence-electron chi connectivity index (χ1n) is 5.61. The highest BCUT2D eigenvalue weighted by atomic mass is 16.2. The molecule has 0 saturated carbocycles. The Kier molecular flexibility index (Phi) is 4.12. The SMILES string of the molecule is CCC(NC(=O)C1CNC(=O)C1)C(C)C. The van der Waals surface area contributed by atoms with Crippen LogP contribution in [-0.2, 0) is 9.59 Å². The van der Waals surface area contributed by atoms with Crippen LogP contribution < -0.4 is 10.6 Å². The maximum absolute atomic E-state index is 11.8. The van der Waals surface area contributed by atoms with Crippen LogP contribution in [0.1, 0.15) is 33.6 Å². The normalized spacial score (nSPS) is 22.7. The Bertz CT molecular complexity index is 251. The van der Waals surface area contributed by atoms with Gasteiger partial charge in [-0.05, 0) is 12.3 Å². The van der Waals surface area contributed by atoms with Crippen molar-refractivity contribution >= 4 is 11.8 Å². The lowest BCUT2D eigenvalue weighted by Crippen LogP contribution is -2.41. The molecule has 4 heteroatoms. The summed E-state index contributed by atoms with van der Waals surface area (Å²) in [5.74, 6) is 0.246. The molecule has 0 aromatic heterocycles. The number of rotatable bonds is 4. The van der Waals surface area contributed by atoms with Gasteiger partial charge >= 0.3 is 0 Å². The maximum atomic E-state index is 11.8. The number of carbonyl (C=O) groups is 2. The van der Waals surface area contributed by atoms with E-state index in [-0.39, 0.29) is 23.8 Å². The summed E-state index contributed by atoms with van der Waals surface area (Å²) in [5.41, 5.74) is 0. The fourth-order valence-electron chi connectivity index (χ4n) is 1.83. The van der Waals surface area contributed by atoms with Gasteiger partial charge in [-0.1, -0.05) is 20.8 Å². The Hall–Kier alpha value is -1.06. The van der Waals surface area contributed by atoms with E-state index in [4.69, 9.17) is 0 Å². The average Bonchev–Trinajstić information content (AvgIpc) is 2.60. The smallest absolute Gasteiger partial charge is 0.225 e. The zero-order valence-corrected chi connectivity index (χ0v) is 9.67. The number of amides is 2. The van der Waals surface area contributed by atoms with Crippen molar-refractivity contribution in [3.8, 4) is 0 Å². The predicted octanol–water partition coefficient (Wildman–Crippen LogP) is 0.673. The van der Waals surface area contributed by atoms with Crippen molar-refractivity contribution in [2.45, 2.75) is 39.7 Å². The summed E-state index contributed by atoms with van der Waals surface area (Å²) in [6.45, 7) is 6.72. The largest absolute Gasteiger partial charge is 0.355 e. The second-order valence-corrected chi connectivity index (χ2v) is 4.47. The van der Waals surface area contributed by atoms with Crippen LogP contribution in [-0.4, -0.2) is 24.4 Å². The molecule has 1 aliphatic rings. The van der Waals surface area contributed by atoms with Crippen LogP contribution in [0.4, 0.5) is 0 Å². The molecule has 0 bridgehead atoms. The van der Waals surface area contributed by atoms with E-state index >= 15 is 0 Å². The molecule has 0 aromatic rings. The van der Waals surface area contributed by atoms with Crippen molar-refractivity contribution < 1.29 is 9.59 Å². The van der Waals surface area contributed by atoms with Crippen molar-refractivity contribution in [1.29, 1.82) is 0 Å². The Morgan fingerprint density at radius 2 is 2.27 bits per heavy atom. The van der Waals surface area contributed by atoms with Gasteiger partial charge in [0.15, 0.2) is 0 Å². The summed E-state index contributed by atoms with van der Waals surface area (Å²) in [5, 5.41) is 5.67. The Morgan fingerprint density at radius 1 is 1.60 bits per heavy atom. The van der Waals surface area contributed by atoms with Crippen molar-refractivity contribution in [2.24, 2.45) is 11.8 Å². The minimum absolute atomic E-state index is 0.00824. The molecule has 15 heavy (non-hydrogen) atoms. The molecular weight excluding hydrogens is 192 g/mol. The Balaban J connectivity index is 2.44. The standard InChI is InChI=1S/C11H20N2O2/c1-4-9(7(2)3)13-11(15)8-5-10(14)12-6-8/h7-9H,4-6H2,1-3H3,(H,12,14)(H,13,15). The summed E-state index contributed by atoms with van der Waals surface area (Å²) in [7, 11) is 0. The molecule has 2 unspecified atom stereocenters. The van der Waals surface area contributed by atoms with Crippen LogP contribution in [0.15, 0.2) is 0 Å². The summed E-state index contributed by atoms with van der Waals surface area (Å²) in [6, 6.07) is 0.216. The van der Waals surface area contributed by atoms with E-state index in [1.54, 1.807) is 0 Å². The molecule has 0 aliphatic carbocycles. The predicted molar refractivity (Wildman–Crippen MR) is 58.2 cm³/mol. The van der Waals surface area contributed by atoms with Gasteiger partial charge in [0.2, 0.25) is 11.8 Å². The first-order valence-corrected chi connectivity index (χ1v) is 5.61. The van der Waals surface area contributed by atoms with Gasteiger partial charge in [-0.3, -0.25) is 9.59 Å². The van der Waals surface area contributed by atoms with Crippen LogP contribution in [0.5, 0.6) is 0 Å². The van der Waals surface area contributed by atoms with Crippen molar-refractivity contribution in [1.82, 2.24) is 10.6 Å². The molecule has 1 saturated heterocycles. The van der Waals surface area contributed by atoms with E-state index in [0.29, 0.717) is 18.9 Å². The second-order valence-electron chi connectivity index (χ2n) is 4.47. The first kappa shape index (κ1) is 12.0. The Labute approximate surface area is 90.8 Å². The van der Waals surface area contributed by atoms with Gasteiger partial charge in [0.05, 0.1) is 5.92 Å². The third kappa shape index (κ3) is 3.22. The first-order chi connectivity index (χ1) is 7.04. The molecule has 1 heterocycles. The highest BCUT2D eigenvalue weighted by Crippen LogP contribution is 2.11. The van der Waals surface area contributed by atoms with E-state index in [2.05, 4.69) is 31.4 Å². The van der Waals surface area contributed by atoms with Crippen LogP contribution in [0.3, 0.4) is 0 Å². The summed E-state index contributed by atoms with van der Waals surface area (Å²) in [6.07, 6.45) is 1.26. The van der Waals surface area contributed by atoms with Gasteiger partial charge in [-0.25, -0.2) is 0 Å². The second kappa shape index (κ2) is 5.14. The molecule has 2 N–H and O–H groups in total. The zero-order valence-electron chi connectivity index (χ0n) is 9.67. The number of nitrogens with one attached hydrogen (secondary N) is 2. The molecule has 1 rings (SSSR count). The molecule has 2 amide bonds. The minimum Gasteiger partial charge on any atom is -0.355 e. The molecule has 86 valence electrons. The van der Waals surface area contributed by atoms with Gasteiger partial charge in [-0.2, -0.15) is 0 Å². The minimum atomic E-state index is -0.176. The van der Waals surface area contributed by atoms with Crippen molar-refractivity contribution in [3.05, 3.63) is 0 Å². The molecule has 2 atom stereocenters. The highest BCUT2D eigenvalue weighted by molar-refractivity contribution is 5.89. The lowest BCUT2D eigenvalue weighted by Gasteiger charge is -2.22. The third-order valence-electron chi connectivity index (χ3n) is 2.92. The lowest BCUT2D eigenvalue weighted by atomic mass is 10.00. The van der Waals surface area contributed by atoms with Crippen LogP contribution in [0.2, 0.25) is 0 Å². The van der Waals surface area contributed by atoms with E-state index < -0.39 is 0 Å². The summed E-state index contributed by atoms with van der Waals surface area (Å²) >= 11 is 0. The number of carbonyl (C=O) groups excluding carboxylic acids is 2. The summed E-state index contributed by atoms with van der Waals surface area (Å²) in [4.78, 5) is 22.7. The van der Waals surface area contributed by atoms with Crippen LogP contribution in [0.25, 0.3) is 0 Å². The van der Waals surface area contributed by atoms with Gasteiger partial charge < -0.3 is 10.6 Å². The molecular formula is C11H20N2O2. The molecule has 0 radical (unpaired) electrons. The van der Waals surface area contributed by atoms with Crippen molar-refractivity contribution in [3.63, 3.8) is 0 Å². The lowest BCUT2D eigenvalue weighted by molar-refractivity contribution is -0.127. The van der Waals surface area contributed by atoms with E-state index in [1.165, 1.54) is 0 Å². The molecule has 0 spiro atoms. The van der Waals surface area contributed by atoms with Crippen LogP contribution in [0, 0.1) is 11.8 Å².